The molecule has 1 aromatic carbocycles. The molecule has 2 aliphatic rings. The Balaban J connectivity index is 1.84. The number of alkyl halides is 6. The lowest BCUT2D eigenvalue weighted by molar-refractivity contribution is -0.155. The minimum Gasteiger partial charge on any atom is -0.370 e. The number of hydrogen-bond donors (Lipinski definition) is 2. The zero-order valence-corrected chi connectivity index (χ0v) is 16.8. The van der Waals surface area contributed by atoms with Crippen molar-refractivity contribution in [2.45, 2.75) is 37.3 Å². The summed E-state index contributed by atoms with van der Waals surface area (Å²) in [6.07, 6.45) is -8.47. The molecule has 0 spiro atoms. The molecular formula is C19H22F6N4O3. The number of nitrogens with two attached hydrogens (primary N) is 1. The Morgan fingerprint density at radius 2 is 1.94 bits per heavy atom. The van der Waals surface area contributed by atoms with Gasteiger partial charge in [-0.1, -0.05) is 0 Å². The third-order valence-corrected chi connectivity index (χ3v) is 5.15. The SMILES string of the molecule is NC[C@@H](C(=O)Nc1ccc(N2CCOCC2=O)c(C(F)(F)F)c1)N(CC(F)(F)F)C1CC1. The lowest BCUT2D eigenvalue weighted by Gasteiger charge is -2.31. The summed E-state index contributed by atoms with van der Waals surface area (Å²) in [6, 6.07) is 1.02. The first-order valence-corrected chi connectivity index (χ1v) is 9.83. The van der Waals surface area contributed by atoms with Crippen LogP contribution in [0.3, 0.4) is 0 Å². The fraction of sp³-hybridized carbons (Fsp3) is 0.579. The van der Waals surface area contributed by atoms with Gasteiger partial charge in [0.2, 0.25) is 5.91 Å². The monoisotopic (exact) mass is 468 g/mol. The standard InChI is InChI=1S/C19H22F6N4O3/c20-18(21,22)10-29(12-2-3-12)15(8-26)17(31)27-11-1-4-14(13(7-11)19(23,24)25)28-5-6-32-9-16(28)30/h1,4,7,12,15H,2-3,5-6,8-10,26H2,(H,27,31)/t15-/m0/s1. The molecule has 3 rings (SSSR count). The van der Waals surface area contributed by atoms with Crippen LogP contribution in [-0.4, -0.2) is 67.8 Å². The predicted octanol–water partition coefficient (Wildman–Crippen LogP) is 2.36. The number of rotatable bonds is 7. The van der Waals surface area contributed by atoms with E-state index < -0.39 is 60.6 Å². The Morgan fingerprint density at radius 3 is 2.47 bits per heavy atom. The van der Waals surface area contributed by atoms with Gasteiger partial charge in [0.15, 0.2) is 0 Å². The average molecular weight is 468 g/mol. The van der Waals surface area contributed by atoms with Crippen LogP contribution in [0.1, 0.15) is 18.4 Å². The number of halogens is 6. The van der Waals surface area contributed by atoms with Crippen molar-refractivity contribution in [2.75, 3.05) is 43.1 Å². The second-order valence-electron chi connectivity index (χ2n) is 7.59. The molecule has 0 radical (unpaired) electrons. The third-order valence-electron chi connectivity index (χ3n) is 5.15. The summed E-state index contributed by atoms with van der Waals surface area (Å²) >= 11 is 0. The Hall–Kier alpha value is -2.38. The summed E-state index contributed by atoms with van der Waals surface area (Å²) < 4.78 is 84.7. The van der Waals surface area contributed by atoms with E-state index >= 15 is 0 Å². The minimum absolute atomic E-state index is 0.0654. The van der Waals surface area contributed by atoms with Crippen LogP contribution in [0.25, 0.3) is 0 Å². The van der Waals surface area contributed by atoms with Crippen LogP contribution in [-0.2, 0) is 20.5 Å². The van der Waals surface area contributed by atoms with E-state index in [0.29, 0.717) is 18.9 Å². The number of nitrogens with one attached hydrogen (secondary N) is 1. The molecule has 1 heterocycles. The molecule has 32 heavy (non-hydrogen) atoms. The molecule has 7 nitrogen and oxygen atoms in total. The highest BCUT2D eigenvalue weighted by Crippen LogP contribution is 2.39. The van der Waals surface area contributed by atoms with E-state index in [2.05, 4.69) is 5.32 Å². The second kappa shape index (κ2) is 9.24. The van der Waals surface area contributed by atoms with Gasteiger partial charge in [0.05, 0.1) is 24.4 Å². The quantitative estimate of drug-likeness (QED) is 0.600. The summed E-state index contributed by atoms with van der Waals surface area (Å²) in [7, 11) is 0. The Labute approximate surface area is 179 Å². The van der Waals surface area contributed by atoms with E-state index in [4.69, 9.17) is 10.5 Å². The summed E-state index contributed by atoms with van der Waals surface area (Å²) in [6.45, 7) is -2.15. The highest BCUT2D eigenvalue weighted by atomic mass is 19.4. The van der Waals surface area contributed by atoms with Crippen molar-refractivity contribution in [2.24, 2.45) is 5.73 Å². The maximum atomic E-state index is 13.7. The maximum absolute atomic E-state index is 13.7. The first-order chi connectivity index (χ1) is 14.9. The van der Waals surface area contributed by atoms with Gasteiger partial charge in [-0.3, -0.25) is 14.5 Å². The van der Waals surface area contributed by atoms with Gasteiger partial charge in [0, 0.05) is 24.8 Å². The van der Waals surface area contributed by atoms with E-state index in [1.165, 1.54) is 0 Å². The van der Waals surface area contributed by atoms with Crippen LogP contribution in [0.4, 0.5) is 37.7 Å². The lowest BCUT2D eigenvalue weighted by atomic mass is 10.1. The van der Waals surface area contributed by atoms with E-state index in [1.54, 1.807) is 0 Å². The molecule has 2 fully saturated rings. The molecule has 0 aromatic heterocycles. The molecule has 1 saturated heterocycles. The van der Waals surface area contributed by atoms with Crippen LogP contribution in [0.2, 0.25) is 0 Å². The fourth-order valence-electron chi connectivity index (χ4n) is 3.57. The van der Waals surface area contributed by atoms with Crippen LogP contribution in [0.5, 0.6) is 0 Å². The molecule has 1 aromatic rings. The number of benzene rings is 1. The van der Waals surface area contributed by atoms with Crippen LogP contribution >= 0.6 is 0 Å². The molecule has 3 N–H and O–H groups in total. The van der Waals surface area contributed by atoms with Gasteiger partial charge in [-0.15, -0.1) is 0 Å². The molecule has 1 atom stereocenters. The maximum Gasteiger partial charge on any atom is 0.418 e. The Kier molecular flexibility index (Phi) is 7.00. The van der Waals surface area contributed by atoms with Gasteiger partial charge >= 0.3 is 12.4 Å². The van der Waals surface area contributed by atoms with Gasteiger partial charge in [-0.05, 0) is 31.0 Å². The van der Waals surface area contributed by atoms with Crippen LogP contribution in [0.15, 0.2) is 18.2 Å². The highest BCUT2D eigenvalue weighted by molar-refractivity contribution is 5.98. The van der Waals surface area contributed by atoms with Gasteiger partial charge in [-0.2, -0.15) is 26.3 Å². The number of hydrogen-bond acceptors (Lipinski definition) is 5. The lowest BCUT2D eigenvalue weighted by Crippen LogP contribution is -2.52. The van der Waals surface area contributed by atoms with Crippen molar-refractivity contribution < 1.29 is 40.7 Å². The van der Waals surface area contributed by atoms with E-state index in [-0.39, 0.29) is 25.4 Å². The number of amides is 2. The normalized spacial score (nSPS) is 18.8. The summed E-state index contributed by atoms with van der Waals surface area (Å²) in [5.74, 6) is -1.58. The number of anilines is 2. The summed E-state index contributed by atoms with van der Waals surface area (Å²) in [5.41, 5.74) is 3.72. The van der Waals surface area contributed by atoms with Crippen molar-refractivity contribution >= 4 is 23.2 Å². The van der Waals surface area contributed by atoms with Gasteiger partial charge < -0.3 is 20.7 Å². The van der Waals surface area contributed by atoms with Crippen molar-refractivity contribution in [1.29, 1.82) is 0 Å². The van der Waals surface area contributed by atoms with Crippen molar-refractivity contribution in [3.63, 3.8) is 0 Å². The number of carbonyl (C=O) groups excluding carboxylic acids is 2. The molecule has 178 valence electrons. The third kappa shape index (κ3) is 5.90. The second-order valence-corrected chi connectivity index (χ2v) is 7.59. The van der Waals surface area contributed by atoms with E-state index in [9.17, 15) is 35.9 Å². The first-order valence-electron chi connectivity index (χ1n) is 9.83. The molecule has 1 saturated carbocycles. The number of ether oxygens (including phenoxy) is 1. The van der Waals surface area contributed by atoms with Gasteiger partial charge in [0.1, 0.15) is 12.6 Å². The Bertz CT molecular complexity index is 856. The van der Waals surface area contributed by atoms with Crippen molar-refractivity contribution in [3.8, 4) is 0 Å². The molecular weight excluding hydrogens is 446 g/mol. The van der Waals surface area contributed by atoms with E-state index in [0.717, 1.165) is 21.9 Å². The molecule has 13 heteroatoms. The summed E-state index contributed by atoms with van der Waals surface area (Å²) in [4.78, 5) is 26.5. The van der Waals surface area contributed by atoms with Gasteiger partial charge in [-0.25, -0.2) is 0 Å². The average Bonchev–Trinajstić information content (AvgIpc) is 3.52. The number of carbonyl (C=O) groups is 2. The Morgan fingerprint density at radius 1 is 1.25 bits per heavy atom. The van der Waals surface area contributed by atoms with Gasteiger partial charge in [0.25, 0.3) is 5.91 Å². The minimum atomic E-state index is -4.85. The zero-order valence-electron chi connectivity index (χ0n) is 16.8. The predicted molar refractivity (Wildman–Crippen MR) is 102 cm³/mol. The zero-order chi connectivity index (χ0) is 23.7. The van der Waals surface area contributed by atoms with Crippen molar-refractivity contribution in [3.05, 3.63) is 23.8 Å². The van der Waals surface area contributed by atoms with Crippen LogP contribution < -0.4 is 16.0 Å². The number of nitrogens with zero attached hydrogens (tertiary/aromatic N) is 2. The largest absolute Gasteiger partial charge is 0.418 e. The molecule has 0 bridgehead atoms. The molecule has 1 aliphatic heterocycles. The number of morpholine rings is 1. The molecule has 1 aliphatic carbocycles. The summed E-state index contributed by atoms with van der Waals surface area (Å²) in [5, 5.41) is 2.24. The topological polar surface area (TPSA) is 87.9 Å². The highest BCUT2D eigenvalue weighted by Gasteiger charge is 2.43. The first kappa shape index (κ1) is 24.3. The molecule has 2 amide bonds. The molecule has 0 unspecified atom stereocenters. The van der Waals surface area contributed by atoms with E-state index in [1.807, 2.05) is 0 Å². The fourth-order valence-corrected chi connectivity index (χ4v) is 3.57. The smallest absolute Gasteiger partial charge is 0.370 e. The van der Waals surface area contributed by atoms with Crippen molar-refractivity contribution in [1.82, 2.24) is 4.90 Å². The van der Waals surface area contributed by atoms with Crippen LogP contribution in [0, 0.1) is 0 Å².